The number of hydrogen-bond acceptors (Lipinski definition) is 3. The number of para-hydroxylation sites is 3. The molecule has 0 atom stereocenters. The molecule has 2 N–H and O–H groups in total. The van der Waals surface area contributed by atoms with E-state index in [0.717, 1.165) is 61.4 Å². The molecule has 2 aromatic carbocycles. The first-order valence-electron chi connectivity index (χ1n) is 9.77. The summed E-state index contributed by atoms with van der Waals surface area (Å²) in [5.41, 5.74) is 3.02. The summed E-state index contributed by atoms with van der Waals surface area (Å²) in [6, 6.07) is 17.8. The van der Waals surface area contributed by atoms with Gasteiger partial charge in [-0.3, -0.25) is 9.69 Å². The van der Waals surface area contributed by atoms with Crippen molar-refractivity contribution >= 4 is 22.6 Å². The molecule has 1 amide bonds. The van der Waals surface area contributed by atoms with Gasteiger partial charge in [-0.1, -0.05) is 30.3 Å². The van der Waals surface area contributed by atoms with Gasteiger partial charge in [-0.25, -0.2) is 4.98 Å². The molecule has 5 nitrogen and oxygen atoms in total. The van der Waals surface area contributed by atoms with Crippen LogP contribution in [-0.4, -0.2) is 33.9 Å². The van der Waals surface area contributed by atoms with E-state index in [-0.39, 0.29) is 5.91 Å². The number of fused-ring (bicyclic) bond motifs is 1. The predicted molar refractivity (Wildman–Crippen MR) is 108 cm³/mol. The Labute approximate surface area is 159 Å². The van der Waals surface area contributed by atoms with Gasteiger partial charge in [0.05, 0.1) is 17.6 Å². The fourth-order valence-electron chi connectivity index (χ4n) is 3.81. The van der Waals surface area contributed by atoms with Gasteiger partial charge in [0, 0.05) is 12.1 Å². The molecule has 1 saturated heterocycles. The SMILES string of the molecule is O=C(CCC1CCN(Cc2nc3ccccc3[nH]2)CC1)Nc1ccccc1. The molecule has 4 rings (SSSR count). The first kappa shape index (κ1) is 17.7. The molecule has 0 radical (unpaired) electrons. The fraction of sp³-hybridized carbons (Fsp3) is 0.364. The summed E-state index contributed by atoms with van der Waals surface area (Å²) in [7, 11) is 0. The van der Waals surface area contributed by atoms with E-state index in [2.05, 4.69) is 26.3 Å². The van der Waals surface area contributed by atoms with Crippen molar-refractivity contribution in [1.82, 2.24) is 14.9 Å². The average Bonchev–Trinajstić information content (AvgIpc) is 3.10. The third-order valence-corrected chi connectivity index (χ3v) is 5.36. The van der Waals surface area contributed by atoms with Crippen molar-refractivity contribution in [2.45, 2.75) is 32.2 Å². The minimum atomic E-state index is 0.117. The number of carbonyl (C=O) groups excluding carboxylic acids is 1. The van der Waals surface area contributed by atoms with Crippen LogP contribution in [0.15, 0.2) is 54.6 Å². The normalized spacial score (nSPS) is 15.9. The fourth-order valence-corrected chi connectivity index (χ4v) is 3.81. The molecular formula is C22H26N4O. The highest BCUT2D eigenvalue weighted by atomic mass is 16.1. The number of hydrogen-bond donors (Lipinski definition) is 2. The number of amides is 1. The number of nitrogens with one attached hydrogen (secondary N) is 2. The summed E-state index contributed by atoms with van der Waals surface area (Å²) in [5.74, 6) is 1.79. The number of aromatic amines is 1. The van der Waals surface area contributed by atoms with Crippen molar-refractivity contribution < 1.29 is 4.79 Å². The summed E-state index contributed by atoms with van der Waals surface area (Å²) in [5, 5.41) is 2.97. The van der Waals surface area contributed by atoms with Crippen LogP contribution in [0.4, 0.5) is 5.69 Å². The quantitative estimate of drug-likeness (QED) is 0.691. The molecule has 0 saturated carbocycles. The lowest BCUT2D eigenvalue weighted by Gasteiger charge is -2.31. The van der Waals surface area contributed by atoms with Crippen LogP contribution in [0.3, 0.4) is 0 Å². The zero-order valence-corrected chi connectivity index (χ0v) is 15.5. The summed E-state index contributed by atoms with van der Waals surface area (Å²) in [6.45, 7) is 3.01. The lowest BCUT2D eigenvalue weighted by atomic mass is 9.92. The van der Waals surface area contributed by atoms with Crippen molar-refractivity contribution in [2.24, 2.45) is 5.92 Å². The first-order valence-corrected chi connectivity index (χ1v) is 9.77. The largest absolute Gasteiger partial charge is 0.341 e. The van der Waals surface area contributed by atoms with Gasteiger partial charge in [-0.2, -0.15) is 0 Å². The maximum absolute atomic E-state index is 12.1. The maximum Gasteiger partial charge on any atom is 0.224 e. The Hall–Kier alpha value is -2.66. The van der Waals surface area contributed by atoms with Gasteiger partial charge in [0.2, 0.25) is 5.91 Å². The molecule has 0 aliphatic carbocycles. The predicted octanol–water partition coefficient (Wildman–Crippen LogP) is 4.19. The molecule has 140 valence electrons. The third-order valence-electron chi connectivity index (χ3n) is 5.36. The molecule has 27 heavy (non-hydrogen) atoms. The van der Waals surface area contributed by atoms with Crippen LogP contribution >= 0.6 is 0 Å². The van der Waals surface area contributed by atoms with Crippen LogP contribution in [-0.2, 0) is 11.3 Å². The van der Waals surface area contributed by atoms with E-state index in [1.807, 2.05) is 48.5 Å². The van der Waals surface area contributed by atoms with Crippen LogP contribution in [0.25, 0.3) is 11.0 Å². The second-order valence-electron chi connectivity index (χ2n) is 7.37. The number of anilines is 1. The molecule has 1 aliphatic heterocycles. The third kappa shape index (κ3) is 4.74. The Kier molecular flexibility index (Phi) is 5.49. The molecule has 1 aromatic heterocycles. The highest BCUT2D eigenvalue weighted by Crippen LogP contribution is 2.23. The number of carbonyl (C=O) groups is 1. The Morgan fingerprint density at radius 1 is 1.07 bits per heavy atom. The van der Waals surface area contributed by atoms with Crippen LogP contribution < -0.4 is 5.32 Å². The number of piperidine rings is 1. The number of aromatic nitrogens is 2. The van der Waals surface area contributed by atoms with Crippen molar-refractivity contribution in [3.8, 4) is 0 Å². The van der Waals surface area contributed by atoms with Gasteiger partial charge in [0.15, 0.2) is 0 Å². The van der Waals surface area contributed by atoms with Gasteiger partial charge in [0.1, 0.15) is 5.82 Å². The van der Waals surface area contributed by atoms with Crippen LogP contribution in [0.2, 0.25) is 0 Å². The first-order chi connectivity index (χ1) is 13.3. The standard InChI is InChI=1S/C22H26N4O/c27-22(23-18-6-2-1-3-7-18)11-10-17-12-14-26(15-13-17)16-21-24-19-8-4-5-9-20(19)25-21/h1-9,17H,10-16H2,(H,23,27)(H,24,25). The molecule has 0 unspecified atom stereocenters. The number of imidazole rings is 1. The second-order valence-corrected chi connectivity index (χ2v) is 7.37. The molecule has 0 bridgehead atoms. The molecule has 5 heteroatoms. The Balaban J connectivity index is 1.20. The number of nitrogens with zero attached hydrogens (tertiary/aromatic N) is 2. The van der Waals surface area contributed by atoms with Crippen molar-refractivity contribution in [3.05, 3.63) is 60.4 Å². The van der Waals surface area contributed by atoms with Gasteiger partial charge < -0.3 is 10.3 Å². The Bertz CT molecular complexity index is 848. The van der Waals surface area contributed by atoms with Crippen molar-refractivity contribution in [1.29, 1.82) is 0 Å². The molecule has 1 aliphatic rings. The summed E-state index contributed by atoms with van der Waals surface area (Å²) < 4.78 is 0. The van der Waals surface area contributed by atoms with Gasteiger partial charge >= 0.3 is 0 Å². The van der Waals surface area contributed by atoms with Crippen LogP contribution in [0.5, 0.6) is 0 Å². The number of H-pyrrole nitrogens is 1. The number of rotatable bonds is 6. The minimum absolute atomic E-state index is 0.117. The molecule has 3 aromatic rings. The van der Waals surface area contributed by atoms with Crippen molar-refractivity contribution in [3.63, 3.8) is 0 Å². The average molecular weight is 362 g/mol. The lowest BCUT2D eigenvalue weighted by molar-refractivity contribution is -0.116. The Morgan fingerprint density at radius 2 is 1.81 bits per heavy atom. The summed E-state index contributed by atoms with van der Waals surface area (Å²) >= 11 is 0. The van der Waals surface area contributed by atoms with Crippen LogP contribution in [0, 0.1) is 5.92 Å². The second kappa shape index (κ2) is 8.35. The van der Waals surface area contributed by atoms with E-state index < -0.39 is 0 Å². The topological polar surface area (TPSA) is 61.0 Å². The highest BCUT2D eigenvalue weighted by molar-refractivity contribution is 5.90. The Morgan fingerprint density at radius 3 is 2.59 bits per heavy atom. The van der Waals surface area contributed by atoms with E-state index in [4.69, 9.17) is 0 Å². The zero-order chi connectivity index (χ0) is 18.5. The highest BCUT2D eigenvalue weighted by Gasteiger charge is 2.20. The molecular weight excluding hydrogens is 336 g/mol. The smallest absolute Gasteiger partial charge is 0.224 e. The van der Waals surface area contributed by atoms with Gasteiger partial charge in [0.25, 0.3) is 0 Å². The van der Waals surface area contributed by atoms with E-state index in [9.17, 15) is 4.79 Å². The van der Waals surface area contributed by atoms with Gasteiger partial charge in [-0.15, -0.1) is 0 Å². The maximum atomic E-state index is 12.1. The van der Waals surface area contributed by atoms with E-state index in [1.165, 1.54) is 0 Å². The minimum Gasteiger partial charge on any atom is -0.341 e. The monoisotopic (exact) mass is 362 g/mol. The van der Waals surface area contributed by atoms with E-state index >= 15 is 0 Å². The lowest BCUT2D eigenvalue weighted by Crippen LogP contribution is -2.33. The summed E-state index contributed by atoms with van der Waals surface area (Å²) in [4.78, 5) is 22.7. The number of likely N-dealkylation sites (tertiary alicyclic amines) is 1. The summed E-state index contributed by atoms with van der Waals surface area (Å²) in [6.07, 6.45) is 3.87. The molecule has 1 fully saturated rings. The van der Waals surface area contributed by atoms with Gasteiger partial charge in [-0.05, 0) is 62.5 Å². The van der Waals surface area contributed by atoms with E-state index in [1.54, 1.807) is 0 Å². The molecule has 0 spiro atoms. The van der Waals surface area contributed by atoms with Crippen molar-refractivity contribution in [2.75, 3.05) is 18.4 Å². The number of benzene rings is 2. The van der Waals surface area contributed by atoms with Crippen LogP contribution in [0.1, 0.15) is 31.5 Å². The molecule has 2 heterocycles. The zero-order valence-electron chi connectivity index (χ0n) is 15.5. The van der Waals surface area contributed by atoms with E-state index in [0.29, 0.717) is 12.3 Å².